The van der Waals surface area contributed by atoms with Crippen LogP contribution in [0.2, 0.25) is 0 Å². The molecule has 1 saturated heterocycles. The predicted molar refractivity (Wildman–Crippen MR) is 131 cm³/mol. The van der Waals surface area contributed by atoms with Gasteiger partial charge in [-0.3, -0.25) is 4.98 Å². The van der Waals surface area contributed by atoms with Gasteiger partial charge in [-0.05, 0) is 67.2 Å². The maximum Gasteiger partial charge on any atom is 0.174 e. The number of ether oxygens (including phenoxy) is 1. The molecule has 160 valence electrons. The van der Waals surface area contributed by atoms with Gasteiger partial charge in [0.15, 0.2) is 5.11 Å². The minimum Gasteiger partial charge on any atom is -0.497 e. The van der Waals surface area contributed by atoms with Crippen molar-refractivity contribution in [2.24, 2.45) is 0 Å². The molecule has 0 unspecified atom stereocenters. The fourth-order valence-corrected chi connectivity index (χ4v) is 4.73. The summed E-state index contributed by atoms with van der Waals surface area (Å²) >= 11 is 5.85. The normalized spacial score (nSPS) is 17.9. The Bertz CT molecular complexity index is 1250. The third-order valence-electron chi connectivity index (χ3n) is 5.89. The lowest BCUT2D eigenvalue weighted by molar-refractivity contribution is 0.414. The van der Waals surface area contributed by atoms with Crippen molar-refractivity contribution in [2.75, 3.05) is 12.0 Å². The molecule has 0 spiro atoms. The number of thiocarbonyl (C=S) groups is 1. The van der Waals surface area contributed by atoms with Crippen LogP contribution in [0.15, 0.2) is 91.3 Å². The van der Waals surface area contributed by atoms with Crippen molar-refractivity contribution in [1.29, 1.82) is 0 Å². The zero-order chi connectivity index (χ0) is 22.1. The second-order valence-electron chi connectivity index (χ2n) is 7.79. The number of rotatable bonds is 5. The van der Waals surface area contributed by atoms with E-state index in [9.17, 15) is 0 Å². The van der Waals surface area contributed by atoms with Gasteiger partial charge in [-0.15, -0.1) is 0 Å². The first-order chi connectivity index (χ1) is 15.7. The number of aryl methyl sites for hydroxylation is 1. The Hall–Kier alpha value is -3.64. The molecular weight excluding hydrogens is 416 g/mol. The molecule has 0 radical (unpaired) electrons. The van der Waals surface area contributed by atoms with Gasteiger partial charge in [-0.25, -0.2) is 0 Å². The molecule has 0 aliphatic carbocycles. The van der Waals surface area contributed by atoms with Gasteiger partial charge in [0.1, 0.15) is 11.8 Å². The minimum absolute atomic E-state index is 0.0980. The fraction of sp³-hybridized carbons (Fsp3) is 0.154. The van der Waals surface area contributed by atoms with E-state index in [1.807, 2.05) is 42.6 Å². The maximum absolute atomic E-state index is 5.85. The molecule has 0 bridgehead atoms. The van der Waals surface area contributed by atoms with Crippen molar-refractivity contribution in [3.05, 3.63) is 108 Å². The average Bonchev–Trinajstić information content (AvgIpc) is 3.44. The lowest BCUT2D eigenvalue weighted by Crippen LogP contribution is -2.30. The van der Waals surface area contributed by atoms with E-state index in [0.29, 0.717) is 5.11 Å². The molecule has 6 heteroatoms. The lowest BCUT2D eigenvalue weighted by atomic mass is 10.0. The summed E-state index contributed by atoms with van der Waals surface area (Å²) in [5, 5.41) is 4.19. The van der Waals surface area contributed by atoms with Crippen LogP contribution in [0.25, 0.3) is 5.69 Å². The van der Waals surface area contributed by atoms with Crippen LogP contribution in [0.5, 0.6) is 5.75 Å². The molecule has 2 aromatic carbocycles. The van der Waals surface area contributed by atoms with E-state index in [4.69, 9.17) is 17.0 Å². The summed E-state index contributed by atoms with van der Waals surface area (Å²) in [6.07, 6.45) is 3.93. The molecule has 3 heterocycles. The van der Waals surface area contributed by atoms with Gasteiger partial charge in [-0.2, -0.15) is 0 Å². The molecule has 1 N–H and O–H groups in total. The van der Waals surface area contributed by atoms with Crippen LogP contribution in [0, 0.1) is 6.92 Å². The summed E-state index contributed by atoms with van der Waals surface area (Å²) in [6, 6.07) is 26.5. The van der Waals surface area contributed by atoms with Crippen molar-refractivity contribution in [3.8, 4) is 11.4 Å². The van der Waals surface area contributed by atoms with E-state index >= 15 is 0 Å². The summed E-state index contributed by atoms with van der Waals surface area (Å²) in [4.78, 5) is 6.82. The molecule has 1 fully saturated rings. The highest BCUT2D eigenvalue weighted by Crippen LogP contribution is 2.43. The molecule has 1 aliphatic rings. The molecule has 5 nitrogen and oxygen atoms in total. The van der Waals surface area contributed by atoms with Gasteiger partial charge >= 0.3 is 0 Å². The molecule has 2 atom stereocenters. The van der Waals surface area contributed by atoms with Crippen molar-refractivity contribution >= 4 is 23.0 Å². The molecule has 4 aromatic rings. The Kier molecular flexibility index (Phi) is 5.37. The van der Waals surface area contributed by atoms with Crippen LogP contribution in [0.4, 0.5) is 5.69 Å². The van der Waals surface area contributed by atoms with Crippen molar-refractivity contribution in [2.45, 2.75) is 19.0 Å². The van der Waals surface area contributed by atoms with Crippen LogP contribution >= 0.6 is 12.2 Å². The van der Waals surface area contributed by atoms with Gasteiger partial charge in [0, 0.05) is 35.5 Å². The summed E-state index contributed by atoms with van der Waals surface area (Å²) in [5.41, 5.74) is 5.41. The monoisotopic (exact) mass is 440 g/mol. The standard InChI is InChI=1S/C26H24N4OS/c1-18-9-3-4-13-22(18)29-16-8-14-23(29)25-24(21-12-5-6-15-27-21)28-26(32)30(25)19-10-7-11-20(17-19)31-2/h3-17,24-25H,1-2H3,(H,28,32)/t24-,25-/m0/s1. The summed E-state index contributed by atoms with van der Waals surface area (Å²) in [7, 11) is 1.68. The molecule has 5 rings (SSSR count). The van der Waals surface area contributed by atoms with Crippen LogP contribution in [-0.2, 0) is 0 Å². The van der Waals surface area contributed by atoms with Crippen LogP contribution in [0.1, 0.15) is 29.0 Å². The molecule has 32 heavy (non-hydrogen) atoms. The molecule has 2 aromatic heterocycles. The molecule has 0 saturated carbocycles. The Labute approximate surface area is 193 Å². The topological polar surface area (TPSA) is 42.3 Å². The number of methoxy groups -OCH3 is 1. The van der Waals surface area contributed by atoms with Crippen molar-refractivity contribution in [3.63, 3.8) is 0 Å². The average molecular weight is 441 g/mol. The lowest BCUT2D eigenvalue weighted by Gasteiger charge is -2.29. The first-order valence-corrected chi connectivity index (χ1v) is 11.0. The Morgan fingerprint density at radius 1 is 0.969 bits per heavy atom. The first kappa shape index (κ1) is 20.3. The predicted octanol–water partition coefficient (Wildman–Crippen LogP) is 5.37. The van der Waals surface area contributed by atoms with Gasteiger partial charge in [-0.1, -0.05) is 30.3 Å². The molecule has 0 amide bonds. The van der Waals surface area contributed by atoms with E-state index in [1.54, 1.807) is 7.11 Å². The largest absolute Gasteiger partial charge is 0.497 e. The quantitative estimate of drug-likeness (QED) is 0.423. The number of aromatic nitrogens is 2. The highest BCUT2D eigenvalue weighted by atomic mass is 32.1. The smallest absolute Gasteiger partial charge is 0.174 e. The van der Waals surface area contributed by atoms with Gasteiger partial charge in [0.25, 0.3) is 0 Å². The number of para-hydroxylation sites is 1. The van der Waals surface area contributed by atoms with Gasteiger partial charge < -0.3 is 19.5 Å². The van der Waals surface area contributed by atoms with E-state index in [2.05, 4.69) is 75.4 Å². The number of nitrogens with zero attached hydrogens (tertiary/aromatic N) is 3. The fourth-order valence-electron chi connectivity index (χ4n) is 4.38. The SMILES string of the molecule is COc1cccc(N2C(=S)N[C@@H](c3ccccn3)[C@@H]2c2cccn2-c2ccccc2C)c1. The Balaban J connectivity index is 1.68. The zero-order valence-electron chi connectivity index (χ0n) is 18.0. The number of nitrogens with one attached hydrogen (secondary N) is 1. The summed E-state index contributed by atoms with van der Waals surface area (Å²) < 4.78 is 7.74. The highest BCUT2D eigenvalue weighted by Gasteiger charge is 2.42. The highest BCUT2D eigenvalue weighted by molar-refractivity contribution is 7.80. The Morgan fingerprint density at radius 2 is 1.81 bits per heavy atom. The van der Waals surface area contributed by atoms with E-state index in [1.165, 1.54) is 5.56 Å². The van der Waals surface area contributed by atoms with Crippen LogP contribution in [-0.4, -0.2) is 21.8 Å². The van der Waals surface area contributed by atoms with E-state index in [0.717, 1.165) is 28.5 Å². The first-order valence-electron chi connectivity index (χ1n) is 10.6. The number of pyridine rings is 1. The zero-order valence-corrected chi connectivity index (χ0v) is 18.8. The second-order valence-corrected chi connectivity index (χ2v) is 8.17. The van der Waals surface area contributed by atoms with Crippen LogP contribution in [0.3, 0.4) is 0 Å². The number of hydrogen-bond donors (Lipinski definition) is 1. The van der Waals surface area contributed by atoms with Crippen molar-refractivity contribution < 1.29 is 4.74 Å². The van der Waals surface area contributed by atoms with Crippen LogP contribution < -0.4 is 15.0 Å². The Morgan fingerprint density at radius 3 is 2.59 bits per heavy atom. The number of hydrogen-bond acceptors (Lipinski definition) is 3. The van der Waals surface area contributed by atoms with E-state index < -0.39 is 0 Å². The second kappa shape index (κ2) is 8.48. The molecule has 1 aliphatic heterocycles. The maximum atomic E-state index is 5.85. The summed E-state index contributed by atoms with van der Waals surface area (Å²) in [6.45, 7) is 2.13. The van der Waals surface area contributed by atoms with Gasteiger partial charge in [0.2, 0.25) is 0 Å². The molecular formula is C26H24N4OS. The third kappa shape index (κ3) is 3.52. The minimum atomic E-state index is -0.104. The third-order valence-corrected chi connectivity index (χ3v) is 6.20. The van der Waals surface area contributed by atoms with E-state index in [-0.39, 0.29) is 12.1 Å². The number of benzene rings is 2. The number of anilines is 1. The van der Waals surface area contributed by atoms with Gasteiger partial charge in [0.05, 0.1) is 18.8 Å². The summed E-state index contributed by atoms with van der Waals surface area (Å²) in [5.74, 6) is 0.791. The van der Waals surface area contributed by atoms with Crippen molar-refractivity contribution in [1.82, 2.24) is 14.9 Å².